The number of rotatable bonds is 5. The molecule has 0 saturated carbocycles. The number of hydrogen-bond acceptors (Lipinski definition) is 6. The third-order valence-electron chi connectivity index (χ3n) is 8.83. The molecule has 7 rings (SSSR count). The molecule has 0 unspecified atom stereocenters. The zero-order valence-electron chi connectivity index (χ0n) is 24.8. The highest BCUT2D eigenvalue weighted by molar-refractivity contribution is 7.92. The number of ether oxygens (including phenoxy) is 2. The number of sulfonamides is 1. The van der Waals surface area contributed by atoms with Gasteiger partial charge >= 0.3 is 5.97 Å². The Balaban J connectivity index is 1.56. The number of fused-ring (bicyclic) bond motifs is 5. The maximum Gasteiger partial charge on any atom is 0.318 e. The number of esters is 1. The maximum absolute atomic E-state index is 14.4. The van der Waals surface area contributed by atoms with E-state index in [0.717, 1.165) is 11.3 Å². The molecule has 0 fully saturated rings. The monoisotopic (exact) mass is 623 g/mol. The Kier molecular flexibility index (Phi) is 6.77. The van der Waals surface area contributed by atoms with E-state index in [-0.39, 0.29) is 11.4 Å². The smallest absolute Gasteiger partial charge is 0.318 e. The number of para-hydroxylation sites is 2. The fraction of sp³-hybridized carbons (Fsp3) is 0.200. The standard InChI is InChI=1S/C35H30FN3O5S/c1-22-13-19-27(20-14-22)45(41,42)38-21-35(34(40)43-3)31(28-11-7-8-12-29(28)38)30-23(2)37-39(26-9-5-4-6-10-26)33(30)44-32(35)24-15-17-25(36)18-16-24/h4-20,31-32H,21H2,1-3H3/t31-,32-,35+/m0/s1. The Morgan fingerprint density at radius 1 is 0.933 bits per heavy atom. The molecule has 0 spiro atoms. The summed E-state index contributed by atoms with van der Waals surface area (Å²) < 4.78 is 58.4. The van der Waals surface area contributed by atoms with E-state index >= 15 is 0 Å². The van der Waals surface area contributed by atoms with Gasteiger partial charge in [0.15, 0.2) is 0 Å². The summed E-state index contributed by atoms with van der Waals surface area (Å²) in [4.78, 5) is 14.5. The van der Waals surface area contributed by atoms with Crippen LogP contribution in [0.5, 0.6) is 5.88 Å². The van der Waals surface area contributed by atoms with Crippen molar-refractivity contribution in [3.8, 4) is 11.6 Å². The lowest BCUT2D eigenvalue weighted by molar-refractivity contribution is -0.162. The van der Waals surface area contributed by atoms with Crippen LogP contribution in [0.15, 0.2) is 108 Å². The molecule has 228 valence electrons. The summed E-state index contributed by atoms with van der Waals surface area (Å²) in [6.45, 7) is 3.43. The zero-order valence-corrected chi connectivity index (χ0v) is 25.7. The van der Waals surface area contributed by atoms with Crippen molar-refractivity contribution in [2.24, 2.45) is 5.41 Å². The van der Waals surface area contributed by atoms with E-state index in [2.05, 4.69) is 0 Å². The minimum Gasteiger partial charge on any atom is -0.468 e. The van der Waals surface area contributed by atoms with Gasteiger partial charge < -0.3 is 9.47 Å². The topological polar surface area (TPSA) is 90.7 Å². The second-order valence-electron chi connectivity index (χ2n) is 11.4. The molecule has 3 heterocycles. The summed E-state index contributed by atoms with van der Waals surface area (Å²) in [6, 6.07) is 29.0. The van der Waals surface area contributed by atoms with E-state index in [9.17, 15) is 17.6 Å². The minimum atomic E-state index is -4.17. The quantitative estimate of drug-likeness (QED) is 0.215. The molecule has 2 aliphatic heterocycles. The van der Waals surface area contributed by atoms with E-state index in [1.54, 1.807) is 53.2 Å². The summed E-state index contributed by atoms with van der Waals surface area (Å²) in [6.07, 6.45) is -1.08. The molecule has 5 aromatic rings. The average molecular weight is 624 g/mol. The van der Waals surface area contributed by atoms with Crippen LogP contribution in [0.25, 0.3) is 5.69 Å². The Morgan fingerprint density at radius 3 is 2.29 bits per heavy atom. The van der Waals surface area contributed by atoms with Crippen molar-refractivity contribution in [2.75, 3.05) is 18.0 Å². The SMILES string of the molecule is COC(=O)[C@]12CN(S(=O)(=O)c3ccc(C)cc3)c3ccccc3[C@H]1c1c(C)nn(-c3ccccc3)c1O[C@H]2c1ccc(F)cc1. The molecule has 4 aromatic carbocycles. The number of aromatic nitrogens is 2. The number of carbonyl (C=O) groups excluding carboxylic acids is 1. The Hall–Kier alpha value is -4.96. The molecule has 3 atom stereocenters. The van der Waals surface area contributed by atoms with Crippen LogP contribution in [0.4, 0.5) is 10.1 Å². The summed E-state index contributed by atoms with van der Waals surface area (Å²) in [7, 11) is -2.89. The first kappa shape index (κ1) is 28.8. The maximum atomic E-state index is 14.4. The number of hydrogen-bond donors (Lipinski definition) is 0. The highest BCUT2D eigenvalue weighted by atomic mass is 32.2. The van der Waals surface area contributed by atoms with Crippen LogP contribution in [0.3, 0.4) is 0 Å². The number of aryl methyl sites for hydroxylation is 2. The molecule has 2 aliphatic rings. The first-order valence-electron chi connectivity index (χ1n) is 14.5. The van der Waals surface area contributed by atoms with E-state index in [1.807, 2.05) is 56.3 Å². The molecule has 0 amide bonds. The Labute approximate surface area is 260 Å². The summed E-state index contributed by atoms with van der Waals surface area (Å²) in [5.41, 5.74) is 2.85. The van der Waals surface area contributed by atoms with Crippen LogP contribution in [0.2, 0.25) is 0 Å². The van der Waals surface area contributed by atoms with Crippen molar-refractivity contribution in [3.05, 3.63) is 137 Å². The fourth-order valence-corrected chi connectivity index (χ4v) is 8.30. The molecule has 10 heteroatoms. The molecule has 0 bridgehead atoms. The second kappa shape index (κ2) is 10.6. The van der Waals surface area contributed by atoms with Gasteiger partial charge in [-0.05, 0) is 67.4 Å². The van der Waals surface area contributed by atoms with E-state index < -0.39 is 39.2 Å². The van der Waals surface area contributed by atoms with Crippen molar-refractivity contribution in [1.82, 2.24) is 9.78 Å². The molecular formula is C35H30FN3O5S. The molecule has 0 aliphatic carbocycles. The number of halogens is 1. The van der Waals surface area contributed by atoms with E-state index in [4.69, 9.17) is 14.6 Å². The number of methoxy groups -OCH3 is 1. The number of carbonyl (C=O) groups is 1. The van der Waals surface area contributed by atoms with Crippen molar-refractivity contribution < 1.29 is 27.1 Å². The van der Waals surface area contributed by atoms with Crippen LogP contribution in [0, 0.1) is 25.1 Å². The van der Waals surface area contributed by atoms with Gasteiger partial charge in [0.05, 0.1) is 35.6 Å². The van der Waals surface area contributed by atoms with Gasteiger partial charge in [0.25, 0.3) is 10.0 Å². The van der Waals surface area contributed by atoms with Gasteiger partial charge in [0, 0.05) is 11.5 Å². The van der Waals surface area contributed by atoms with Gasteiger partial charge in [-0.3, -0.25) is 9.10 Å². The van der Waals surface area contributed by atoms with Crippen LogP contribution >= 0.6 is 0 Å². The fourth-order valence-electron chi connectivity index (χ4n) is 6.76. The molecule has 1 aromatic heterocycles. The molecule has 0 saturated heterocycles. The Bertz CT molecular complexity index is 2030. The first-order chi connectivity index (χ1) is 21.7. The van der Waals surface area contributed by atoms with Crippen molar-refractivity contribution in [2.45, 2.75) is 30.8 Å². The summed E-state index contributed by atoms with van der Waals surface area (Å²) in [5, 5.41) is 4.86. The van der Waals surface area contributed by atoms with Gasteiger partial charge in [-0.2, -0.15) is 5.10 Å². The molecular weight excluding hydrogens is 593 g/mol. The first-order valence-corrected chi connectivity index (χ1v) is 15.9. The second-order valence-corrected chi connectivity index (χ2v) is 13.3. The Morgan fingerprint density at radius 2 is 1.60 bits per heavy atom. The van der Waals surface area contributed by atoms with Crippen molar-refractivity contribution in [3.63, 3.8) is 0 Å². The van der Waals surface area contributed by atoms with Crippen LogP contribution in [-0.4, -0.2) is 37.8 Å². The zero-order chi connectivity index (χ0) is 31.5. The molecule has 45 heavy (non-hydrogen) atoms. The van der Waals surface area contributed by atoms with Crippen LogP contribution < -0.4 is 9.04 Å². The average Bonchev–Trinajstić information content (AvgIpc) is 3.39. The van der Waals surface area contributed by atoms with Crippen LogP contribution in [-0.2, 0) is 19.6 Å². The predicted octanol–water partition coefficient (Wildman–Crippen LogP) is 6.26. The highest BCUT2D eigenvalue weighted by Crippen LogP contribution is 2.62. The minimum absolute atomic E-state index is 0.0881. The van der Waals surface area contributed by atoms with E-state index in [0.29, 0.717) is 34.0 Å². The van der Waals surface area contributed by atoms with E-state index in [1.165, 1.54) is 23.5 Å². The summed E-state index contributed by atoms with van der Waals surface area (Å²) in [5.74, 6) is -1.41. The van der Waals surface area contributed by atoms with Gasteiger partial charge in [-0.15, -0.1) is 0 Å². The predicted molar refractivity (Wildman–Crippen MR) is 167 cm³/mol. The van der Waals surface area contributed by atoms with Gasteiger partial charge in [-0.25, -0.2) is 17.5 Å². The lowest BCUT2D eigenvalue weighted by Gasteiger charge is -2.52. The van der Waals surface area contributed by atoms with Crippen molar-refractivity contribution in [1.29, 1.82) is 0 Å². The van der Waals surface area contributed by atoms with Gasteiger partial charge in [0.2, 0.25) is 5.88 Å². The van der Waals surface area contributed by atoms with Gasteiger partial charge in [0.1, 0.15) is 17.3 Å². The lowest BCUT2D eigenvalue weighted by atomic mass is 9.60. The third-order valence-corrected chi connectivity index (χ3v) is 10.6. The molecule has 0 radical (unpaired) electrons. The third kappa shape index (κ3) is 4.34. The van der Waals surface area contributed by atoms with Gasteiger partial charge in [-0.1, -0.05) is 66.2 Å². The molecule has 8 nitrogen and oxygen atoms in total. The summed E-state index contributed by atoms with van der Waals surface area (Å²) >= 11 is 0. The number of anilines is 1. The van der Waals surface area contributed by atoms with Crippen LogP contribution in [0.1, 0.15) is 40.0 Å². The van der Waals surface area contributed by atoms with Crippen molar-refractivity contribution >= 4 is 21.7 Å². The highest BCUT2D eigenvalue weighted by Gasteiger charge is 2.64. The normalized spacial score (nSPS) is 20.4. The largest absolute Gasteiger partial charge is 0.468 e. The number of benzene rings is 4. The molecule has 0 N–H and O–H groups in total. The lowest BCUT2D eigenvalue weighted by Crippen LogP contribution is -2.59. The number of nitrogens with zero attached hydrogens (tertiary/aromatic N) is 3.